The van der Waals surface area contributed by atoms with E-state index in [1.165, 1.54) is 18.4 Å². The average Bonchev–Trinajstić information content (AvgIpc) is 3.28. The molecule has 8 heteroatoms. The fraction of sp³-hybridized carbons (Fsp3) is 0.227. The Bertz CT molecular complexity index is 1120. The van der Waals surface area contributed by atoms with Crippen LogP contribution in [-0.2, 0) is 9.53 Å². The van der Waals surface area contributed by atoms with Gasteiger partial charge >= 0.3 is 5.97 Å². The summed E-state index contributed by atoms with van der Waals surface area (Å²) in [5, 5.41) is 11.5. The Balaban J connectivity index is 1.74. The summed E-state index contributed by atoms with van der Waals surface area (Å²) in [6.45, 7) is 0. The number of nitrogens with zero attached hydrogens (tertiary/aromatic N) is 1. The third kappa shape index (κ3) is 3.44. The number of esters is 1. The van der Waals surface area contributed by atoms with Gasteiger partial charge in [0.1, 0.15) is 22.3 Å². The van der Waals surface area contributed by atoms with Crippen LogP contribution in [0.2, 0.25) is 0 Å². The first kappa shape index (κ1) is 19.7. The van der Waals surface area contributed by atoms with Crippen LogP contribution < -0.4 is 15.2 Å². The van der Waals surface area contributed by atoms with E-state index in [4.69, 9.17) is 19.9 Å². The highest BCUT2D eigenvalue weighted by molar-refractivity contribution is 7.12. The van der Waals surface area contributed by atoms with Crippen LogP contribution >= 0.6 is 11.3 Å². The standard InChI is InChI=1S/C22H18N2O5S/c1-27-17-10-12(7-8-15(17)29-22(26)18-6-3-9-30-18)19-13(11-23)21(24)28-16-5-2-4-14(25)20(16)19/h3,6-10,19H,2,4-5,24H2,1H3/t19-/m1/s1. The number of thiophene rings is 1. The molecule has 1 atom stereocenters. The van der Waals surface area contributed by atoms with Crippen molar-refractivity contribution >= 4 is 23.1 Å². The topological polar surface area (TPSA) is 112 Å². The number of hydrogen-bond donors (Lipinski definition) is 1. The number of nitrogens with two attached hydrogens (primary N) is 1. The van der Waals surface area contributed by atoms with Crippen molar-refractivity contribution in [3.8, 4) is 17.6 Å². The summed E-state index contributed by atoms with van der Waals surface area (Å²) < 4.78 is 16.5. The van der Waals surface area contributed by atoms with E-state index in [2.05, 4.69) is 6.07 Å². The average molecular weight is 422 g/mol. The van der Waals surface area contributed by atoms with Gasteiger partial charge in [0.25, 0.3) is 0 Å². The summed E-state index contributed by atoms with van der Waals surface area (Å²) in [4.78, 5) is 25.4. The maximum Gasteiger partial charge on any atom is 0.353 e. The molecule has 0 spiro atoms. The van der Waals surface area contributed by atoms with Gasteiger partial charge in [-0.05, 0) is 35.6 Å². The van der Waals surface area contributed by atoms with E-state index in [0.717, 1.165) is 0 Å². The number of ether oxygens (including phenoxy) is 3. The van der Waals surface area contributed by atoms with Crippen LogP contribution in [0.4, 0.5) is 0 Å². The highest BCUT2D eigenvalue weighted by Crippen LogP contribution is 2.45. The van der Waals surface area contributed by atoms with Crippen molar-refractivity contribution in [1.29, 1.82) is 5.26 Å². The van der Waals surface area contributed by atoms with Crippen molar-refractivity contribution in [2.45, 2.75) is 25.2 Å². The zero-order valence-electron chi connectivity index (χ0n) is 16.1. The largest absolute Gasteiger partial charge is 0.493 e. The van der Waals surface area contributed by atoms with Gasteiger partial charge in [-0.2, -0.15) is 5.26 Å². The van der Waals surface area contributed by atoms with Gasteiger partial charge in [-0.25, -0.2) is 4.79 Å². The molecule has 1 aromatic carbocycles. The number of nitriles is 1. The molecule has 0 fully saturated rings. The number of benzene rings is 1. The molecule has 2 aliphatic rings. The SMILES string of the molecule is COc1cc([C@@H]2C(C#N)=C(N)OC3=C2C(=O)CCC3)ccc1OC(=O)c1cccs1. The Morgan fingerprint density at radius 1 is 1.30 bits per heavy atom. The van der Waals surface area contributed by atoms with Crippen molar-refractivity contribution in [3.05, 3.63) is 68.9 Å². The lowest BCUT2D eigenvalue weighted by Gasteiger charge is -2.31. The number of carbonyl (C=O) groups is 2. The van der Waals surface area contributed by atoms with Gasteiger partial charge in [0.05, 0.1) is 13.0 Å². The number of Topliss-reactive ketones (excluding diaryl/α,β-unsaturated/α-hetero) is 1. The van der Waals surface area contributed by atoms with E-state index >= 15 is 0 Å². The molecule has 7 nitrogen and oxygen atoms in total. The third-order valence-corrected chi connectivity index (χ3v) is 5.90. The van der Waals surface area contributed by atoms with Crippen molar-refractivity contribution in [2.75, 3.05) is 7.11 Å². The minimum atomic E-state index is -0.650. The first-order valence-electron chi connectivity index (χ1n) is 9.31. The Morgan fingerprint density at radius 3 is 2.83 bits per heavy atom. The molecule has 0 saturated heterocycles. The Kier molecular flexibility index (Phi) is 5.29. The Hall–Kier alpha value is -3.57. The summed E-state index contributed by atoms with van der Waals surface area (Å²) in [5.74, 6) is -0.132. The van der Waals surface area contributed by atoms with Crippen molar-refractivity contribution < 1.29 is 23.8 Å². The number of ketones is 1. The van der Waals surface area contributed by atoms with Crippen LogP contribution in [0, 0.1) is 11.3 Å². The molecule has 0 amide bonds. The van der Waals surface area contributed by atoms with Crippen molar-refractivity contribution in [1.82, 2.24) is 0 Å². The molecule has 2 aromatic rings. The highest BCUT2D eigenvalue weighted by Gasteiger charge is 2.38. The number of carbonyl (C=O) groups excluding carboxylic acids is 2. The molecule has 0 saturated carbocycles. The Morgan fingerprint density at radius 2 is 2.13 bits per heavy atom. The first-order chi connectivity index (χ1) is 14.5. The molecule has 0 radical (unpaired) electrons. The van der Waals surface area contributed by atoms with E-state index in [1.54, 1.807) is 35.7 Å². The molecular weight excluding hydrogens is 404 g/mol. The van der Waals surface area contributed by atoms with Crippen LogP contribution in [0.25, 0.3) is 0 Å². The Labute approximate surface area is 177 Å². The zero-order valence-corrected chi connectivity index (χ0v) is 17.0. The lowest BCUT2D eigenvalue weighted by atomic mass is 9.77. The van der Waals surface area contributed by atoms with Gasteiger partial charge in [-0.15, -0.1) is 11.3 Å². The second kappa shape index (κ2) is 8.05. The van der Waals surface area contributed by atoms with Gasteiger partial charge in [0.2, 0.25) is 5.88 Å². The lowest BCUT2D eigenvalue weighted by Crippen LogP contribution is -2.27. The molecule has 2 N–H and O–H groups in total. The van der Waals surface area contributed by atoms with E-state index in [9.17, 15) is 14.9 Å². The van der Waals surface area contributed by atoms with Gasteiger partial charge in [-0.1, -0.05) is 12.1 Å². The second-order valence-corrected chi connectivity index (χ2v) is 7.76. The first-order valence-corrected chi connectivity index (χ1v) is 10.2. The van der Waals surface area contributed by atoms with Gasteiger partial charge in [0, 0.05) is 18.4 Å². The number of hydrogen-bond acceptors (Lipinski definition) is 8. The molecule has 1 aromatic heterocycles. The summed E-state index contributed by atoms with van der Waals surface area (Å²) >= 11 is 1.28. The number of methoxy groups -OCH3 is 1. The maximum atomic E-state index is 12.7. The summed E-state index contributed by atoms with van der Waals surface area (Å²) in [7, 11) is 1.46. The normalized spacial score (nSPS) is 18.4. The van der Waals surface area contributed by atoms with Crippen LogP contribution in [0.5, 0.6) is 11.5 Å². The maximum absolute atomic E-state index is 12.7. The molecule has 152 valence electrons. The van der Waals surface area contributed by atoms with E-state index in [-0.39, 0.29) is 23.0 Å². The molecule has 0 bridgehead atoms. The molecule has 1 aliphatic carbocycles. The quantitative estimate of drug-likeness (QED) is 0.589. The van der Waals surface area contributed by atoms with Gasteiger partial charge in [-0.3, -0.25) is 4.79 Å². The van der Waals surface area contributed by atoms with E-state index in [1.807, 2.05) is 0 Å². The minimum Gasteiger partial charge on any atom is -0.493 e. The second-order valence-electron chi connectivity index (χ2n) is 6.82. The fourth-order valence-electron chi connectivity index (χ4n) is 3.68. The van der Waals surface area contributed by atoms with Gasteiger partial charge < -0.3 is 19.9 Å². The smallest absolute Gasteiger partial charge is 0.353 e. The van der Waals surface area contributed by atoms with Crippen molar-refractivity contribution in [3.63, 3.8) is 0 Å². The number of allylic oxidation sites excluding steroid dienone is 3. The predicted octanol–water partition coefficient (Wildman–Crippen LogP) is 3.79. The van der Waals surface area contributed by atoms with Crippen LogP contribution in [0.1, 0.15) is 40.4 Å². The van der Waals surface area contributed by atoms with Crippen LogP contribution in [0.3, 0.4) is 0 Å². The summed E-state index contributed by atoms with van der Waals surface area (Å²) in [5.41, 5.74) is 7.24. The van der Waals surface area contributed by atoms with Crippen molar-refractivity contribution in [2.24, 2.45) is 5.73 Å². The van der Waals surface area contributed by atoms with Crippen LogP contribution in [0.15, 0.2) is 58.5 Å². The molecule has 30 heavy (non-hydrogen) atoms. The minimum absolute atomic E-state index is 0.00289. The highest BCUT2D eigenvalue weighted by atomic mass is 32.1. The van der Waals surface area contributed by atoms with E-state index < -0.39 is 11.9 Å². The summed E-state index contributed by atoms with van der Waals surface area (Å²) in [6.07, 6.45) is 1.66. The fourth-order valence-corrected chi connectivity index (χ4v) is 4.28. The third-order valence-electron chi connectivity index (χ3n) is 5.05. The lowest BCUT2D eigenvalue weighted by molar-refractivity contribution is -0.116. The van der Waals surface area contributed by atoms with E-state index in [0.29, 0.717) is 46.8 Å². The monoisotopic (exact) mass is 422 g/mol. The predicted molar refractivity (Wildman–Crippen MR) is 109 cm³/mol. The van der Waals surface area contributed by atoms with Crippen LogP contribution in [-0.4, -0.2) is 18.9 Å². The molecular formula is C22H18N2O5S. The number of rotatable bonds is 4. The zero-order chi connectivity index (χ0) is 21.3. The molecule has 4 rings (SSSR count). The summed E-state index contributed by atoms with van der Waals surface area (Å²) in [6, 6.07) is 10.5. The molecule has 0 unspecified atom stereocenters. The molecule has 2 heterocycles. The van der Waals surface area contributed by atoms with Gasteiger partial charge in [0.15, 0.2) is 17.3 Å². The molecule has 1 aliphatic heterocycles.